The summed E-state index contributed by atoms with van der Waals surface area (Å²) in [5.74, 6) is -0.123. The van der Waals surface area contributed by atoms with Crippen LogP contribution in [0.15, 0.2) is 47.9 Å². The standard InChI is InChI=1S/C16H17N5O2/c1-12-8-17-10-20(16(12)23)7-6-18-15(22)9-21-11-19-13-4-2-3-5-14(13)21/h2-5,8,10-11H,6-7,9H2,1H3,(H,18,22). The van der Waals surface area contributed by atoms with Gasteiger partial charge in [-0.2, -0.15) is 0 Å². The van der Waals surface area contributed by atoms with Gasteiger partial charge in [0.1, 0.15) is 6.54 Å². The lowest BCUT2D eigenvalue weighted by molar-refractivity contribution is -0.121. The molecule has 1 aromatic carbocycles. The maximum Gasteiger partial charge on any atom is 0.256 e. The maximum absolute atomic E-state index is 12.0. The molecule has 0 bridgehead atoms. The Morgan fingerprint density at radius 3 is 2.91 bits per heavy atom. The Bertz CT molecular complexity index is 897. The van der Waals surface area contributed by atoms with Crippen LogP contribution < -0.4 is 10.9 Å². The van der Waals surface area contributed by atoms with Crippen molar-refractivity contribution < 1.29 is 4.79 Å². The monoisotopic (exact) mass is 311 g/mol. The smallest absolute Gasteiger partial charge is 0.256 e. The van der Waals surface area contributed by atoms with E-state index in [2.05, 4.69) is 15.3 Å². The molecule has 0 fully saturated rings. The Morgan fingerprint density at radius 1 is 1.22 bits per heavy atom. The van der Waals surface area contributed by atoms with Gasteiger partial charge in [-0.05, 0) is 19.1 Å². The molecular formula is C16H17N5O2. The van der Waals surface area contributed by atoms with Gasteiger partial charge in [0.05, 0.1) is 23.7 Å². The van der Waals surface area contributed by atoms with Crippen LogP contribution in [-0.2, 0) is 17.9 Å². The molecule has 0 saturated carbocycles. The molecule has 0 spiro atoms. The SMILES string of the molecule is Cc1cncn(CCNC(=O)Cn2cnc3ccccc32)c1=O. The fourth-order valence-corrected chi connectivity index (χ4v) is 2.38. The average Bonchev–Trinajstić information content (AvgIpc) is 2.95. The van der Waals surface area contributed by atoms with Gasteiger partial charge in [0, 0.05) is 24.8 Å². The third-order valence-electron chi connectivity index (χ3n) is 3.59. The molecule has 1 amide bonds. The molecule has 0 radical (unpaired) electrons. The lowest BCUT2D eigenvalue weighted by Crippen LogP contribution is -2.33. The fourth-order valence-electron chi connectivity index (χ4n) is 2.38. The van der Waals surface area contributed by atoms with E-state index < -0.39 is 0 Å². The van der Waals surface area contributed by atoms with Gasteiger partial charge in [-0.15, -0.1) is 0 Å². The lowest BCUT2D eigenvalue weighted by Gasteiger charge is -2.08. The summed E-state index contributed by atoms with van der Waals surface area (Å²) < 4.78 is 3.29. The number of carbonyl (C=O) groups excluding carboxylic acids is 1. The van der Waals surface area contributed by atoms with Gasteiger partial charge in [0.2, 0.25) is 5.91 Å². The highest BCUT2D eigenvalue weighted by Crippen LogP contribution is 2.11. The number of carbonyl (C=O) groups is 1. The molecule has 1 N–H and O–H groups in total. The lowest BCUT2D eigenvalue weighted by atomic mass is 10.3. The van der Waals surface area contributed by atoms with E-state index in [9.17, 15) is 9.59 Å². The van der Waals surface area contributed by atoms with Crippen molar-refractivity contribution in [3.8, 4) is 0 Å². The van der Waals surface area contributed by atoms with Crippen LogP contribution in [0, 0.1) is 6.92 Å². The number of hydrogen-bond donors (Lipinski definition) is 1. The Hall–Kier alpha value is -2.96. The van der Waals surface area contributed by atoms with Crippen molar-refractivity contribution in [2.75, 3.05) is 6.54 Å². The van der Waals surface area contributed by atoms with E-state index in [1.54, 1.807) is 17.8 Å². The summed E-state index contributed by atoms with van der Waals surface area (Å²) in [6, 6.07) is 7.65. The highest BCUT2D eigenvalue weighted by Gasteiger charge is 2.07. The second-order valence-electron chi connectivity index (χ2n) is 5.29. The summed E-state index contributed by atoms with van der Waals surface area (Å²) in [6.45, 7) is 2.68. The molecule has 7 heteroatoms. The molecule has 7 nitrogen and oxygen atoms in total. The van der Waals surface area contributed by atoms with Crippen molar-refractivity contribution in [2.24, 2.45) is 0 Å². The highest BCUT2D eigenvalue weighted by atomic mass is 16.2. The Kier molecular flexibility index (Phi) is 4.18. The normalized spacial score (nSPS) is 10.8. The van der Waals surface area contributed by atoms with E-state index in [1.807, 2.05) is 24.3 Å². The minimum Gasteiger partial charge on any atom is -0.353 e. The highest BCUT2D eigenvalue weighted by molar-refractivity contribution is 5.80. The van der Waals surface area contributed by atoms with Crippen molar-refractivity contribution in [3.63, 3.8) is 0 Å². The van der Waals surface area contributed by atoms with Crippen LogP contribution in [0.2, 0.25) is 0 Å². The van der Waals surface area contributed by atoms with E-state index in [0.29, 0.717) is 18.7 Å². The zero-order valence-corrected chi connectivity index (χ0v) is 12.8. The third kappa shape index (κ3) is 3.28. The number of amides is 1. The molecule has 0 unspecified atom stereocenters. The van der Waals surface area contributed by atoms with Gasteiger partial charge in [-0.25, -0.2) is 9.97 Å². The number of para-hydroxylation sites is 2. The Balaban J connectivity index is 1.58. The second-order valence-corrected chi connectivity index (χ2v) is 5.29. The number of nitrogens with one attached hydrogen (secondary N) is 1. The van der Waals surface area contributed by atoms with E-state index >= 15 is 0 Å². The number of nitrogens with zero attached hydrogens (tertiary/aromatic N) is 4. The number of fused-ring (bicyclic) bond motifs is 1. The first-order valence-electron chi connectivity index (χ1n) is 7.33. The van der Waals surface area contributed by atoms with E-state index in [-0.39, 0.29) is 18.0 Å². The molecule has 0 atom stereocenters. The molecule has 118 valence electrons. The van der Waals surface area contributed by atoms with Crippen molar-refractivity contribution in [2.45, 2.75) is 20.0 Å². The zero-order valence-electron chi connectivity index (χ0n) is 12.8. The largest absolute Gasteiger partial charge is 0.353 e. The van der Waals surface area contributed by atoms with Gasteiger partial charge in [-0.1, -0.05) is 12.1 Å². The van der Waals surface area contributed by atoms with Gasteiger partial charge < -0.3 is 9.88 Å². The first-order chi connectivity index (χ1) is 11.1. The van der Waals surface area contributed by atoms with Crippen LogP contribution in [0.25, 0.3) is 11.0 Å². The van der Waals surface area contributed by atoms with Crippen LogP contribution in [0.1, 0.15) is 5.56 Å². The zero-order chi connectivity index (χ0) is 16.2. The van der Waals surface area contributed by atoms with Crippen LogP contribution >= 0.6 is 0 Å². The summed E-state index contributed by atoms with van der Waals surface area (Å²) in [7, 11) is 0. The van der Waals surface area contributed by atoms with Crippen LogP contribution in [0.3, 0.4) is 0 Å². The topological polar surface area (TPSA) is 81.8 Å². The molecule has 0 aliphatic carbocycles. The molecular weight excluding hydrogens is 294 g/mol. The van der Waals surface area contributed by atoms with Crippen molar-refractivity contribution in [1.82, 2.24) is 24.4 Å². The molecule has 3 rings (SSSR count). The molecule has 3 aromatic rings. The van der Waals surface area contributed by atoms with Crippen LogP contribution in [0.4, 0.5) is 0 Å². The number of aryl methyl sites for hydroxylation is 1. The quantitative estimate of drug-likeness (QED) is 0.752. The van der Waals surface area contributed by atoms with Gasteiger partial charge in [0.25, 0.3) is 5.56 Å². The van der Waals surface area contributed by atoms with Gasteiger partial charge >= 0.3 is 0 Å². The number of rotatable bonds is 5. The first kappa shape index (κ1) is 15.0. The molecule has 0 aliphatic rings. The summed E-state index contributed by atoms with van der Waals surface area (Å²) in [4.78, 5) is 32.1. The summed E-state index contributed by atoms with van der Waals surface area (Å²) in [5, 5.41) is 2.81. The Labute approximate surface area is 132 Å². The molecule has 2 aromatic heterocycles. The minimum atomic E-state index is -0.123. The fraction of sp³-hybridized carbons (Fsp3) is 0.250. The van der Waals surface area contributed by atoms with Crippen molar-refractivity contribution in [1.29, 1.82) is 0 Å². The second kappa shape index (κ2) is 6.43. The number of hydrogen-bond acceptors (Lipinski definition) is 4. The van der Waals surface area contributed by atoms with E-state index in [4.69, 9.17) is 0 Å². The van der Waals surface area contributed by atoms with Gasteiger partial charge in [-0.3, -0.25) is 14.2 Å². The summed E-state index contributed by atoms with van der Waals surface area (Å²) in [6.07, 6.45) is 4.66. The molecule has 0 saturated heterocycles. The average molecular weight is 311 g/mol. The summed E-state index contributed by atoms with van der Waals surface area (Å²) >= 11 is 0. The van der Waals surface area contributed by atoms with Crippen molar-refractivity contribution in [3.05, 3.63) is 59.0 Å². The van der Waals surface area contributed by atoms with Crippen molar-refractivity contribution >= 4 is 16.9 Å². The molecule has 23 heavy (non-hydrogen) atoms. The Morgan fingerprint density at radius 2 is 2.04 bits per heavy atom. The van der Waals surface area contributed by atoms with E-state index in [1.165, 1.54) is 17.1 Å². The third-order valence-corrected chi connectivity index (χ3v) is 3.59. The minimum absolute atomic E-state index is 0.0881. The van der Waals surface area contributed by atoms with E-state index in [0.717, 1.165) is 11.0 Å². The number of imidazole rings is 1. The van der Waals surface area contributed by atoms with Crippen LogP contribution in [0.5, 0.6) is 0 Å². The number of benzene rings is 1. The van der Waals surface area contributed by atoms with Gasteiger partial charge in [0.15, 0.2) is 0 Å². The predicted molar refractivity (Wildman–Crippen MR) is 86.0 cm³/mol. The summed E-state index contributed by atoms with van der Waals surface area (Å²) in [5.41, 5.74) is 2.28. The predicted octanol–water partition coefficient (Wildman–Crippen LogP) is 0.718. The maximum atomic E-state index is 12.0. The molecule has 2 heterocycles. The molecule has 0 aliphatic heterocycles. The first-order valence-corrected chi connectivity index (χ1v) is 7.33. The van der Waals surface area contributed by atoms with Crippen LogP contribution in [-0.4, -0.2) is 31.6 Å². The number of aromatic nitrogens is 4.